The molecule has 2 heterocycles. The predicted molar refractivity (Wildman–Crippen MR) is 76.0 cm³/mol. The summed E-state index contributed by atoms with van der Waals surface area (Å²) in [6.07, 6.45) is 9.71. The average Bonchev–Trinajstić information content (AvgIpc) is 2.38. The number of anilines is 2. The summed E-state index contributed by atoms with van der Waals surface area (Å²) >= 11 is 5.93. The van der Waals surface area contributed by atoms with Gasteiger partial charge < -0.3 is 10.6 Å². The molecule has 2 aliphatic rings. The largest absolute Gasteiger partial charge is 0.396 e. The smallest absolute Gasteiger partial charge is 0.152 e. The normalized spacial score (nSPS) is 27.9. The molecule has 4 heteroatoms. The number of rotatable bonds is 1. The predicted octanol–water partition coefficient (Wildman–Crippen LogP) is 3.48. The van der Waals surface area contributed by atoms with Crippen molar-refractivity contribution in [3.63, 3.8) is 0 Å². The van der Waals surface area contributed by atoms with Crippen LogP contribution in [0.2, 0.25) is 5.02 Å². The monoisotopic (exact) mass is 265 g/mol. The number of aromatic nitrogens is 1. The van der Waals surface area contributed by atoms with E-state index in [0.29, 0.717) is 16.8 Å². The minimum atomic E-state index is 0.619. The molecule has 18 heavy (non-hydrogen) atoms. The van der Waals surface area contributed by atoms with E-state index in [4.69, 9.17) is 17.3 Å². The van der Waals surface area contributed by atoms with Crippen molar-refractivity contribution in [2.45, 2.75) is 44.6 Å². The van der Waals surface area contributed by atoms with Crippen LogP contribution in [0.25, 0.3) is 0 Å². The van der Waals surface area contributed by atoms with Gasteiger partial charge in [0.2, 0.25) is 0 Å². The van der Waals surface area contributed by atoms with Crippen LogP contribution in [0.4, 0.5) is 11.5 Å². The van der Waals surface area contributed by atoms with Gasteiger partial charge in [-0.25, -0.2) is 4.98 Å². The second-order valence-electron chi connectivity index (χ2n) is 5.51. The molecule has 0 spiro atoms. The third kappa shape index (κ3) is 2.16. The van der Waals surface area contributed by atoms with Gasteiger partial charge in [0.15, 0.2) is 5.82 Å². The molecule has 1 aromatic heterocycles. The maximum absolute atomic E-state index is 6.09. The molecule has 3 rings (SSSR count). The van der Waals surface area contributed by atoms with Crippen LogP contribution in [-0.4, -0.2) is 17.6 Å². The van der Waals surface area contributed by atoms with E-state index in [0.717, 1.165) is 18.3 Å². The topological polar surface area (TPSA) is 42.1 Å². The summed E-state index contributed by atoms with van der Waals surface area (Å²) in [7, 11) is 0. The molecular weight excluding hydrogens is 246 g/mol. The van der Waals surface area contributed by atoms with Gasteiger partial charge in [0, 0.05) is 18.8 Å². The highest BCUT2D eigenvalue weighted by molar-refractivity contribution is 6.30. The Bertz CT molecular complexity index is 433. The van der Waals surface area contributed by atoms with Gasteiger partial charge in [0.1, 0.15) is 0 Å². The number of hydrogen-bond donors (Lipinski definition) is 1. The number of nitrogens with two attached hydrogens (primary N) is 1. The summed E-state index contributed by atoms with van der Waals surface area (Å²) < 4.78 is 0. The molecule has 0 unspecified atom stereocenters. The van der Waals surface area contributed by atoms with E-state index in [1.54, 1.807) is 6.20 Å². The fourth-order valence-corrected chi connectivity index (χ4v) is 3.74. The van der Waals surface area contributed by atoms with Crippen LogP contribution in [0, 0.1) is 5.92 Å². The first-order valence-corrected chi connectivity index (χ1v) is 7.31. The molecule has 0 amide bonds. The average molecular weight is 266 g/mol. The van der Waals surface area contributed by atoms with Crippen molar-refractivity contribution in [3.8, 4) is 0 Å². The van der Waals surface area contributed by atoms with Crippen molar-refractivity contribution < 1.29 is 0 Å². The molecule has 0 aromatic carbocycles. The molecule has 1 saturated heterocycles. The van der Waals surface area contributed by atoms with E-state index in [2.05, 4.69) is 9.88 Å². The lowest BCUT2D eigenvalue weighted by molar-refractivity contribution is 0.243. The number of halogens is 1. The van der Waals surface area contributed by atoms with Gasteiger partial charge in [-0.15, -0.1) is 0 Å². The summed E-state index contributed by atoms with van der Waals surface area (Å²) in [4.78, 5) is 6.89. The van der Waals surface area contributed by atoms with Crippen molar-refractivity contribution in [1.82, 2.24) is 4.98 Å². The maximum Gasteiger partial charge on any atom is 0.152 e. The molecular formula is C14H20ClN3. The SMILES string of the molecule is Nc1cc(Cl)cnc1N1CCC[C@H]2CCCC[C@H]21. The van der Waals surface area contributed by atoms with Crippen LogP contribution in [0.5, 0.6) is 0 Å². The molecule has 2 atom stereocenters. The number of hydrogen-bond acceptors (Lipinski definition) is 3. The van der Waals surface area contributed by atoms with Gasteiger partial charge in [-0.05, 0) is 37.7 Å². The molecule has 1 aliphatic carbocycles. The summed E-state index contributed by atoms with van der Waals surface area (Å²) in [5, 5.41) is 0.619. The summed E-state index contributed by atoms with van der Waals surface area (Å²) in [6.45, 7) is 1.08. The lowest BCUT2D eigenvalue weighted by Gasteiger charge is -2.45. The Morgan fingerprint density at radius 1 is 1.22 bits per heavy atom. The minimum absolute atomic E-state index is 0.619. The Balaban J connectivity index is 1.89. The van der Waals surface area contributed by atoms with E-state index in [1.165, 1.54) is 38.5 Å². The summed E-state index contributed by atoms with van der Waals surface area (Å²) in [5.41, 5.74) is 6.80. The van der Waals surface area contributed by atoms with Crippen molar-refractivity contribution in [1.29, 1.82) is 0 Å². The molecule has 2 N–H and O–H groups in total. The van der Waals surface area contributed by atoms with Crippen LogP contribution >= 0.6 is 11.6 Å². The van der Waals surface area contributed by atoms with Crippen LogP contribution in [-0.2, 0) is 0 Å². The van der Waals surface area contributed by atoms with Gasteiger partial charge in [0.25, 0.3) is 0 Å². The summed E-state index contributed by atoms with van der Waals surface area (Å²) in [6, 6.07) is 2.46. The summed E-state index contributed by atoms with van der Waals surface area (Å²) in [5.74, 6) is 1.78. The van der Waals surface area contributed by atoms with E-state index in [9.17, 15) is 0 Å². The fraction of sp³-hybridized carbons (Fsp3) is 0.643. The fourth-order valence-electron chi connectivity index (χ4n) is 3.58. The molecule has 0 bridgehead atoms. The molecule has 1 saturated carbocycles. The molecule has 1 aromatic rings. The van der Waals surface area contributed by atoms with E-state index >= 15 is 0 Å². The molecule has 2 fully saturated rings. The molecule has 3 nitrogen and oxygen atoms in total. The Morgan fingerprint density at radius 3 is 2.83 bits per heavy atom. The van der Waals surface area contributed by atoms with E-state index in [1.807, 2.05) is 6.07 Å². The van der Waals surface area contributed by atoms with Crippen molar-refractivity contribution in [2.24, 2.45) is 5.92 Å². The zero-order valence-electron chi connectivity index (χ0n) is 10.6. The van der Waals surface area contributed by atoms with E-state index < -0.39 is 0 Å². The Morgan fingerprint density at radius 2 is 2.00 bits per heavy atom. The third-order valence-corrected chi connectivity index (χ3v) is 4.58. The third-order valence-electron chi connectivity index (χ3n) is 4.38. The molecule has 0 radical (unpaired) electrons. The zero-order chi connectivity index (χ0) is 12.5. The second-order valence-corrected chi connectivity index (χ2v) is 5.95. The minimum Gasteiger partial charge on any atom is -0.396 e. The lowest BCUT2D eigenvalue weighted by Crippen LogP contribution is -2.47. The van der Waals surface area contributed by atoms with Crippen molar-refractivity contribution in [2.75, 3.05) is 17.2 Å². The van der Waals surface area contributed by atoms with Crippen molar-refractivity contribution >= 4 is 23.1 Å². The van der Waals surface area contributed by atoms with Gasteiger partial charge in [-0.1, -0.05) is 24.4 Å². The highest BCUT2D eigenvalue weighted by Crippen LogP contribution is 2.38. The Labute approximate surface area is 113 Å². The van der Waals surface area contributed by atoms with Crippen LogP contribution in [0.1, 0.15) is 38.5 Å². The number of nitrogens with zero attached hydrogens (tertiary/aromatic N) is 2. The standard InChI is InChI=1S/C14H20ClN3/c15-11-8-12(16)14(17-9-11)18-7-3-5-10-4-1-2-6-13(10)18/h8-10,13H,1-7,16H2/t10-,13-/m1/s1. The highest BCUT2D eigenvalue weighted by atomic mass is 35.5. The Hall–Kier alpha value is -0.960. The Kier molecular flexibility index (Phi) is 3.33. The first-order chi connectivity index (χ1) is 8.75. The highest BCUT2D eigenvalue weighted by Gasteiger charge is 2.34. The molecule has 98 valence electrons. The van der Waals surface area contributed by atoms with Gasteiger partial charge in [0.05, 0.1) is 10.7 Å². The second kappa shape index (κ2) is 4.96. The number of pyridine rings is 1. The van der Waals surface area contributed by atoms with Gasteiger partial charge >= 0.3 is 0 Å². The van der Waals surface area contributed by atoms with Crippen LogP contribution in [0.3, 0.4) is 0 Å². The first-order valence-electron chi connectivity index (χ1n) is 6.93. The van der Waals surface area contributed by atoms with E-state index in [-0.39, 0.29) is 0 Å². The lowest BCUT2D eigenvalue weighted by atomic mass is 9.78. The number of fused-ring (bicyclic) bond motifs is 1. The van der Waals surface area contributed by atoms with Crippen molar-refractivity contribution in [3.05, 3.63) is 17.3 Å². The number of nitrogen functional groups attached to an aromatic ring is 1. The van der Waals surface area contributed by atoms with Gasteiger partial charge in [-0.2, -0.15) is 0 Å². The maximum atomic E-state index is 6.09. The zero-order valence-corrected chi connectivity index (χ0v) is 11.4. The first kappa shape index (κ1) is 12.1. The van der Waals surface area contributed by atoms with Crippen LogP contribution < -0.4 is 10.6 Å². The number of piperidine rings is 1. The van der Waals surface area contributed by atoms with Crippen LogP contribution in [0.15, 0.2) is 12.3 Å². The molecule has 1 aliphatic heterocycles. The van der Waals surface area contributed by atoms with Gasteiger partial charge in [-0.3, -0.25) is 0 Å². The quantitative estimate of drug-likeness (QED) is 0.845.